The van der Waals surface area contributed by atoms with Gasteiger partial charge in [-0.25, -0.2) is 18.0 Å². The molecule has 51 heavy (non-hydrogen) atoms. The number of hydrogen-bond donors (Lipinski definition) is 9. The normalized spacial score (nSPS) is 13.0. The summed E-state index contributed by atoms with van der Waals surface area (Å²) in [4.78, 5) is 82.5. The number of carbonyl (C=O) groups is 7. The van der Waals surface area contributed by atoms with E-state index >= 15 is 0 Å². The average Bonchev–Trinajstić information content (AvgIpc) is 3.04. The topological polar surface area (TPSA) is 313 Å². The van der Waals surface area contributed by atoms with E-state index in [-0.39, 0.29) is 76.6 Å². The van der Waals surface area contributed by atoms with E-state index in [1.54, 1.807) is 6.92 Å². The molecule has 0 bridgehead atoms. The van der Waals surface area contributed by atoms with Crippen LogP contribution in [0.2, 0.25) is 0 Å². The Morgan fingerprint density at radius 2 is 1.20 bits per heavy atom. The van der Waals surface area contributed by atoms with Gasteiger partial charge in [0.25, 0.3) is 0 Å². The van der Waals surface area contributed by atoms with Crippen molar-refractivity contribution < 1.29 is 71.9 Å². The molecule has 0 radical (unpaired) electrons. The minimum atomic E-state index is -3.29. The summed E-state index contributed by atoms with van der Waals surface area (Å²) in [6.45, 7) is 1.97. The molecule has 0 rings (SSSR count). The van der Waals surface area contributed by atoms with Gasteiger partial charge in [0.1, 0.15) is 28.5 Å². The lowest BCUT2D eigenvalue weighted by Gasteiger charge is -2.21. The van der Waals surface area contributed by atoms with Gasteiger partial charge in [-0.2, -0.15) is 0 Å². The Labute approximate surface area is 296 Å². The van der Waals surface area contributed by atoms with Crippen LogP contribution < -0.4 is 26.6 Å². The van der Waals surface area contributed by atoms with Gasteiger partial charge in [-0.3, -0.25) is 24.0 Å². The molecule has 3 atom stereocenters. The Morgan fingerprint density at radius 3 is 1.80 bits per heavy atom. The van der Waals surface area contributed by atoms with Crippen molar-refractivity contribution in [3.63, 3.8) is 0 Å². The second-order valence-corrected chi connectivity index (χ2v) is 13.8. The third-order valence-electron chi connectivity index (χ3n) is 6.97. The van der Waals surface area contributed by atoms with Gasteiger partial charge >= 0.3 is 11.9 Å². The predicted molar refractivity (Wildman–Crippen MR) is 179 cm³/mol. The van der Waals surface area contributed by atoms with Gasteiger partial charge in [0.2, 0.25) is 29.5 Å². The van der Waals surface area contributed by atoms with Crippen LogP contribution in [-0.2, 0) is 52.9 Å². The number of unbranched alkanes of at least 4 members (excludes halogenated alkanes) is 1. The molecule has 294 valence electrons. The molecule has 9 N–H and O–H groups in total. The first-order valence-corrected chi connectivity index (χ1v) is 18.6. The maximum atomic E-state index is 12.3. The molecule has 0 aliphatic rings. The van der Waals surface area contributed by atoms with Gasteiger partial charge in [0, 0.05) is 45.0 Å². The fourth-order valence-electron chi connectivity index (χ4n) is 4.21. The summed E-state index contributed by atoms with van der Waals surface area (Å²) in [6.07, 6.45) is -0.805. The summed E-state index contributed by atoms with van der Waals surface area (Å²) in [5, 5.41) is 50.0. The minimum absolute atomic E-state index is 0.00411. The highest BCUT2D eigenvalue weighted by Crippen LogP contribution is 2.06. The van der Waals surface area contributed by atoms with Crippen LogP contribution in [0.15, 0.2) is 0 Å². The van der Waals surface area contributed by atoms with Crippen LogP contribution >= 0.6 is 0 Å². The zero-order valence-electron chi connectivity index (χ0n) is 29.0. The van der Waals surface area contributed by atoms with E-state index in [2.05, 4.69) is 26.6 Å². The number of nitrogens with one attached hydrogen (secondary N) is 5. The highest BCUT2D eigenvalue weighted by molar-refractivity contribution is 7.90. The van der Waals surface area contributed by atoms with Crippen molar-refractivity contribution in [3.8, 4) is 0 Å². The molecule has 0 saturated carbocycles. The lowest BCUT2D eigenvalue weighted by Crippen LogP contribution is -2.45. The highest BCUT2D eigenvalue weighted by atomic mass is 32.2. The van der Waals surface area contributed by atoms with Crippen LogP contribution in [0.5, 0.6) is 0 Å². The summed E-state index contributed by atoms with van der Waals surface area (Å²) >= 11 is 0. The van der Waals surface area contributed by atoms with Gasteiger partial charge < -0.3 is 56.5 Å². The van der Waals surface area contributed by atoms with Crippen molar-refractivity contribution in [2.45, 2.75) is 95.5 Å². The van der Waals surface area contributed by atoms with Crippen LogP contribution in [0, 0.1) is 0 Å². The summed E-state index contributed by atoms with van der Waals surface area (Å²) in [7, 11) is -3.29. The fourth-order valence-corrected chi connectivity index (χ4v) is 4.88. The van der Waals surface area contributed by atoms with Crippen LogP contribution in [0.3, 0.4) is 0 Å². The predicted octanol–water partition coefficient (Wildman–Crippen LogP) is -2.85. The largest absolute Gasteiger partial charge is 0.480 e. The number of hydrogen-bond acceptors (Lipinski definition) is 13. The van der Waals surface area contributed by atoms with E-state index < -0.39 is 82.8 Å². The molecular formula is C30H53N5O15S. The molecule has 3 unspecified atom stereocenters. The number of ether oxygens (including phenoxy) is 2. The minimum Gasteiger partial charge on any atom is -0.480 e. The standard InChI is InChI=1S/C30H53N5O15S/c1-3-23(36)31-13-5-4-7-20(28(41)42)35-27(40)19-50-17-16-49-15-14-32-24(37)11-9-21(29(43)44)34-26(39)12-10-22(30(45)46)33-25(38)8-6-18-51(2,47)48/h20-22,29,43-44H,3-19H2,1-2H3,(H,31,36)(H,32,37)(H,33,38)(H,34,39)(H,35,40)(H,41,42)(H,45,46). The monoisotopic (exact) mass is 755 g/mol. The number of aliphatic hydroxyl groups excluding tert-OH is 1. The highest BCUT2D eigenvalue weighted by Gasteiger charge is 2.24. The first kappa shape index (κ1) is 47.1. The Kier molecular flexibility index (Phi) is 24.8. The second kappa shape index (κ2) is 26.8. The van der Waals surface area contributed by atoms with Gasteiger partial charge in [0.15, 0.2) is 6.29 Å². The van der Waals surface area contributed by atoms with Gasteiger partial charge in [-0.15, -0.1) is 0 Å². The number of carboxylic acid groups (broad SMARTS) is 2. The molecule has 20 nitrogen and oxygen atoms in total. The van der Waals surface area contributed by atoms with Crippen molar-refractivity contribution in [3.05, 3.63) is 0 Å². The van der Waals surface area contributed by atoms with E-state index in [1.165, 1.54) is 0 Å². The van der Waals surface area contributed by atoms with Crippen molar-refractivity contribution in [2.75, 3.05) is 51.5 Å². The van der Waals surface area contributed by atoms with Gasteiger partial charge in [-0.1, -0.05) is 6.92 Å². The van der Waals surface area contributed by atoms with E-state index in [9.17, 15) is 62.4 Å². The number of rotatable bonds is 30. The van der Waals surface area contributed by atoms with Crippen LogP contribution in [0.4, 0.5) is 0 Å². The Hall–Kier alpha value is -3.92. The van der Waals surface area contributed by atoms with E-state index in [4.69, 9.17) is 9.47 Å². The zero-order valence-corrected chi connectivity index (χ0v) is 29.8. The third-order valence-corrected chi connectivity index (χ3v) is 8.00. The maximum absolute atomic E-state index is 12.3. The van der Waals surface area contributed by atoms with E-state index in [1.807, 2.05) is 0 Å². The number of carbonyl (C=O) groups excluding carboxylic acids is 5. The molecule has 5 amide bonds. The Bertz CT molecular complexity index is 1230. The Morgan fingerprint density at radius 1 is 0.627 bits per heavy atom. The molecule has 0 spiro atoms. The van der Waals surface area contributed by atoms with Crippen molar-refractivity contribution >= 4 is 51.3 Å². The maximum Gasteiger partial charge on any atom is 0.326 e. The first-order valence-electron chi connectivity index (χ1n) is 16.5. The van der Waals surface area contributed by atoms with Crippen LogP contribution in [0.25, 0.3) is 0 Å². The van der Waals surface area contributed by atoms with Crippen LogP contribution in [0.1, 0.15) is 71.1 Å². The zero-order chi connectivity index (χ0) is 38.8. The number of amides is 5. The summed E-state index contributed by atoms with van der Waals surface area (Å²) < 4.78 is 32.8. The molecule has 0 aromatic carbocycles. The van der Waals surface area contributed by atoms with E-state index in [0.29, 0.717) is 25.8 Å². The van der Waals surface area contributed by atoms with Crippen molar-refractivity contribution in [2.24, 2.45) is 0 Å². The smallest absolute Gasteiger partial charge is 0.326 e. The van der Waals surface area contributed by atoms with Gasteiger partial charge in [0.05, 0.1) is 31.6 Å². The molecule has 0 aliphatic carbocycles. The molecule has 0 aliphatic heterocycles. The number of carboxylic acids is 2. The van der Waals surface area contributed by atoms with Crippen molar-refractivity contribution in [1.82, 2.24) is 26.6 Å². The number of aliphatic carboxylic acids is 2. The summed E-state index contributed by atoms with van der Waals surface area (Å²) in [5.74, 6) is -5.52. The molecule has 0 aromatic rings. The van der Waals surface area contributed by atoms with Gasteiger partial charge in [-0.05, 0) is 38.5 Å². The average molecular weight is 756 g/mol. The summed E-state index contributed by atoms with van der Waals surface area (Å²) in [6, 6.07) is -3.79. The molecule has 0 saturated heterocycles. The lowest BCUT2D eigenvalue weighted by molar-refractivity contribution is -0.143. The molecule has 21 heteroatoms. The first-order chi connectivity index (χ1) is 23.9. The molecule has 0 aromatic heterocycles. The quantitative estimate of drug-likeness (QED) is 0.0263. The SMILES string of the molecule is CCC(=O)NCCCCC(NC(=O)COCCOCCNC(=O)CCC(NC(=O)CCC(NC(=O)CCCS(C)(=O)=O)C(=O)O)C(O)O)C(=O)O. The van der Waals surface area contributed by atoms with E-state index in [0.717, 1.165) is 6.26 Å². The molecular weight excluding hydrogens is 702 g/mol. The molecule has 0 fully saturated rings. The Balaban J connectivity index is 4.25. The second-order valence-electron chi connectivity index (χ2n) is 11.5. The number of aliphatic hydroxyl groups is 2. The lowest BCUT2D eigenvalue weighted by atomic mass is 10.1. The fraction of sp³-hybridized carbons (Fsp3) is 0.767. The summed E-state index contributed by atoms with van der Waals surface area (Å²) in [5.41, 5.74) is 0. The molecule has 0 heterocycles. The number of sulfone groups is 1. The van der Waals surface area contributed by atoms with Crippen molar-refractivity contribution in [1.29, 1.82) is 0 Å². The third kappa shape index (κ3) is 26.5. The van der Waals surface area contributed by atoms with Crippen LogP contribution in [-0.4, -0.2) is 146 Å².